The van der Waals surface area contributed by atoms with Crippen LogP contribution in [0.25, 0.3) is 11.1 Å². The number of ether oxygens (including phenoxy) is 1. The Morgan fingerprint density at radius 3 is 2.08 bits per heavy atom. The number of hydrogen-bond acceptors (Lipinski definition) is 3. The summed E-state index contributed by atoms with van der Waals surface area (Å²) in [6.07, 6.45) is 1.78. The van der Waals surface area contributed by atoms with Crippen LogP contribution in [0.15, 0.2) is 83.9 Å². The molecule has 0 spiro atoms. The lowest BCUT2D eigenvalue weighted by molar-refractivity contribution is 0.0600. The predicted molar refractivity (Wildman–Crippen MR) is 96.9 cm³/mol. The van der Waals surface area contributed by atoms with Crippen LogP contribution in [0.5, 0.6) is 0 Å². The smallest absolute Gasteiger partial charge is 0.337 e. The van der Waals surface area contributed by atoms with Gasteiger partial charge in [0.2, 0.25) is 0 Å². The molecule has 3 heteroatoms. The number of carbonyl (C=O) groups is 1. The second kappa shape index (κ2) is 7.38. The summed E-state index contributed by atoms with van der Waals surface area (Å²) >= 11 is 0. The van der Waals surface area contributed by atoms with Crippen molar-refractivity contribution in [3.05, 3.63) is 90.0 Å². The summed E-state index contributed by atoms with van der Waals surface area (Å²) in [4.78, 5) is 15.9. The minimum atomic E-state index is -0.338. The third-order valence-electron chi connectivity index (χ3n) is 3.67. The fourth-order valence-electron chi connectivity index (χ4n) is 2.34. The van der Waals surface area contributed by atoms with Crippen molar-refractivity contribution in [3.8, 4) is 11.1 Å². The first kappa shape index (κ1) is 15.7. The van der Waals surface area contributed by atoms with Gasteiger partial charge in [-0.15, -0.1) is 0 Å². The highest BCUT2D eigenvalue weighted by atomic mass is 16.5. The minimum absolute atomic E-state index is 0.338. The predicted octanol–water partition coefficient (Wildman–Crippen LogP) is 4.89. The topological polar surface area (TPSA) is 38.7 Å². The first-order valence-electron chi connectivity index (χ1n) is 7.64. The molecule has 0 aliphatic rings. The molecule has 0 saturated heterocycles. The molecule has 0 aliphatic heterocycles. The molecule has 3 nitrogen and oxygen atoms in total. The van der Waals surface area contributed by atoms with Crippen LogP contribution in [0.3, 0.4) is 0 Å². The van der Waals surface area contributed by atoms with E-state index < -0.39 is 0 Å². The van der Waals surface area contributed by atoms with Gasteiger partial charge in [-0.2, -0.15) is 0 Å². The highest BCUT2D eigenvalue weighted by Crippen LogP contribution is 2.22. The van der Waals surface area contributed by atoms with E-state index in [1.807, 2.05) is 42.5 Å². The van der Waals surface area contributed by atoms with Crippen molar-refractivity contribution in [3.63, 3.8) is 0 Å². The van der Waals surface area contributed by atoms with Gasteiger partial charge >= 0.3 is 5.97 Å². The highest BCUT2D eigenvalue weighted by molar-refractivity contribution is 5.91. The zero-order chi connectivity index (χ0) is 16.8. The van der Waals surface area contributed by atoms with Crippen molar-refractivity contribution >= 4 is 17.9 Å². The van der Waals surface area contributed by atoms with Crippen molar-refractivity contribution in [2.24, 2.45) is 4.99 Å². The van der Waals surface area contributed by atoms with Gasteiger partial charge < -0.3 is 4.74 Å². The van der Waals surface area contributed by atoms with E-state index in [4.69, 9.17) is 0 Å². The van der Waals surface area contributed by atoms with E-state index in [0.717, 1.165) is 16.8 Å². The minimum Gasteiger partial charge on any atom is -0.465 e. The summed E-state index contributed by atoms with van der Waals surface area (Å²) in [5.41, 5.74) is 4.69. The standard InChI is InChI=1S/C21H17NO2/c1-24-21(23)19-9-7-16(8-10-19)15-22-20-13-11-18(12-14-20)17-5-3-2-4-6-17/h2-15H,1H3. The van der Waals surface area contributed by atoms with Gasteiger partial charge in [0.1, 0.15) is 0 Å². The van der Waals surface area contributed by atoms with E-state index in [2.05, 4.69) is 34.0 Å². The quantitative estimate of drug-likeness (QED) is 0.508. The van der Waals surface area contributed by atoms with Gasteiger partial charge in [0.05, 0.1) is 18.4 Å². The largest absolute Gasteiger partial charge is 0.465 e. The Balaban J connectivity index is 1.71. The third-order valence-corrected chi connectivity index (χ3v) is 3.67. The molecule has 3 rings (SSSR count). The Morgan fingerprint density at radius 1 is 0.833 bits per heavy atom. The fourth-order valence-corrected chi connectivity index (χ4v) is 2.34. The number of carbonyl (C=O) groups excluding carboxylic acids is 1. The van der Waals surface area contributed by atoms with Gasteiger partial charge in [0, 0.05) is 6.21 Å². The van der Waals surface area contributed by atoms with Gasteiger partial charge in [-0.05, 0) is 41.0 Å². The Morgan fingerprint density at radius 2 is 1.46 bits per heavy atom. The molecule has 0 radical (unpaired) electrons. The summed E-state index contributed by atoms with van der Waals surface area (Å²) in [7, 11) is 1.37. The van der Waals surface area contributed by atoms with Crippen LogP contribution in [0.1, 0.15) is 15.9 Å². The van der Waals surface area contributed by atoms with Gasteiger partial charge in [-0.1, -0.05) is 54.6 Å². The summed E-state index contributed by atoms with van der Waals surface area (Å²) in [5.74, 6) is -0.338. The van der Waals surface area contributed by atoms with Crippen LogP contribution in [-0.2, 0) is 4.74 Å². The second-order valence-corrected chi connectivity index (χ2v) is 5.28. The molecule has 0 N–H and O–H groups in total. The molecule has 0 fully saturated rings. The monoisotopic (exact) mass is 315 g/mol. The van der Waals surface area contributed by atoms with Crippen LogP contribution in [0, 0.1) is 0 Å². The lowest BCUT2D eigenvalue weighted by Gasteiger charge is -2.02. The average molecular weight is 315 g/mol. The molecular weight excluding hydrogens is 298 g/mol. The Hall–Kier alpha value is -3.20. The van der Waals surface area contributed by atoms with Gasteiger partial charge in [0.25, 0.3) is 0 Å². The van der Waals surface area contributed by atoms with Crippen LogP contribution < -0.4 is 0 Å². The van der Waals surface area contributed by atoms with Crippen molar-refractivity contribution in [1.82, 2.24) is 0 Å². The molecule has 0 bridgehead atoms. The van der Waals surface area contributed by atoms with Crippen molar-refractivity contribution < 1.29 is 9.53 Å². The molecule has 0 amide bonds. The Bertz CT molecular complexity index is 835. The number of aliphatic imine (C=N–C) groups is 1. The van der Waals surface area contributed by atoms with E-state index in [9.17, 15) is 4.79 Å². The van der Waals surface area contributed by atoms with E-state index >= 15 is 0 Å². The number of rotatable bonds is 4. The van der Waals surface area contributed by atoms with Crippen molar-refractivity contribution in [1.29, 1.82) is 0 Å². The molecule has 0 aromatic heterocycles. The van der Waals surface area contributed by atoms with E-state index in [0.29, 0.717) is 5.56 Å². The van der Waals surface area contributed by atoms with E-state index in [1.54, 1.807) is 18.3 Å². The number of methoxy groups -OCH3 is 1. The lowest BCUT2D eigenvalue weighted by Crippen LogP contribution is -2.00. The third kappa shape index (κ3) is 3.76. The zero-order valence-electron chi connectivity index (χ0n) is 13.3. The van der Waals surface area contributed by atoms with E-state index in [-0.39, 0.29) is 5.97 Å². The molecule has 0 unspecified atom stereocenters. The lowest BCUT2D eigenvalue weighted by atomic mass is 10.1. The van der Waals surface area contributed by atoms with Gasteiger partial charge in [-0.25, -0.2) is 4.79 Å². The molecule has 0 saturated carbocycles. The maximum absolute atomic E-state index is 11.4. The molecule has 24 heavy (non-hydrogen) atoms. The summed E-state index contributed by atoms with van der Waals surface area (Å²) < 4.78 is 4.68. The molecule has 0 heterocycles. The van der Waals surface area contributed by atoms with Crippen molar-refractivity contribution in [2.45, 2.75) is 0 Å². The maximum atomic E-state index is 11.4. The maximum Gasteiger partial charge on any atom is 0.337 e. The summed E-state index contributed by atoms with van der Waals surface area (Å²) in [5, 5.41) is 0. The molecule has 0 atom stereocenters. The van der Waals surface area contributed by atoms with Crippen LogP contribution in [-0.4, -0.2) is 19.3 Å². The number of benzene rings is 3. The van der Waals surface area contributed by atoms with Crippen molar-refractivity contribution in [2.75, 3.05) is 7.11 Å². The Kier molecular flexibility index (Phi) is 4.82. The Labute approximate surface area is 141 Å². The normalized spacial score (nSPS) is 10.7. The summed E-state index contributed by atoms with van der Waals surface area (Å²) in [6, 6.07) is 25.5. The zero-order valence-corrected chi connectivity index (χ0v) is 13.3. The van der Waals surface area contributed by atoms with Crippen LogP contribution >= 0.6 is 0 Å². The molecule has 0 aliphatic carbocycles. The van der Waals surface area contributed by atoms with Crippen LogP contribution in [0.4, 0.5) is 5.69 Å². The number of hydrogen-bond donors (Lipinski definition) is 0. The number of nitrogens with zero attached hydrogens (tertiary/aromatic N) is 1. The van der Waals surface area contributed by atoms with Crippen LogP contribution in [0.2, 0.25) is 0 Å². The number of esters is 1. The molecule has 3 aromatic rings. The van der Waals surface area contributed by atoms with Gasteiger partial charge in [-0.3, -0.25) is 4.99 Å². The fraction of sp³-hybridized carbons (Fsp3) is 0.0476. The summed E-state index contributed by atoms with van der Waals surface area (Å²) in [6.45, 7) is 0. The molecule has 118 valence electrons. The highest BCUT2D eigenvalue weighted by Gasteiger charge is 2.03. The molecular formula is C21H17NO2. The first-order valence-corrected chi connectivity index (χ1v) is 7.64. The first-order chi connectivity index (χ1) is 11.8. The average Bonchev–Trinajstić information content (AvgIpc) is 2.67. The molecule has 3 aromatic carbocycles. The van der Waals surface area contributed by atoms with Gasteiger partial charge in [0.15, 0.2) is 0 Å². The van der Waals surface area contributed by atoms with E-state index in [1.165, 1.54) is 12.7 Å². The SMILES string of the molecule is COC(=O)c1ccc(C=Nc2ccc(-c3ccccc3)cc2)cc1. The second-order valence-electron chi connectivity index (χ2n) is 5.28.